The number of rotatable bonds is 0. The Balaban J connectivity index is -0.000000138. The van der Waals surface area contributed by atoms with Crippen LogP contribution in [0.2, 0.25) is 20.6 Å². The summed E-state index contributed by atoms with van der Waals surface area (Å²) in [5, 5.41) is 57.3. The smallest absolute Gasteiger partial charge is 0.859 e. The average Bonchev–Trinajstić information content (AvgIpc) is 2.85. The van der Waals surface area contributed by atoms with E-state index in [-0.39, 0.29) is 93.8 Å². The molecule has 0 unspecified atom stereocenters. The summed E-state index contributed by atoms with van der Waals surface area (Å²) in [4.78, 5) is 21.8. The molecule has 44 heavy (non-hydrogen) atoms. The van der Waals surface area contributed by atoms with Crippen LogP contribution >= 0.6 is 92.8 Å². The first-order chi connectivity index (χ1) is 19.7. The predicted octanol–water partition coefficient (Wildman–Crippen LogP) is 5.83. The SMILES string of the molecule is ClCCl.ClCCl.O=[N+]([O-])[O-].[O-]c1cccc(Cl)n1.[O-]c1cccc(Cl)n1.[O-]c1cccc(Cl)n1.[O-]c1cccc(Cl)n1.[Ru+2].[Ru+3]. The van der Waals surface area contributed by atoms with Gasteiger partial charge in [-0.25, -0.2) is 0 Å². The number of hydrogen-bond acceptors (Lipinski definition) is 11. The summed E-state index contributed by atoms with van der Waals surface area (Å²) in [6.07, 6.45) is 0. The molecule has 0 N–H and O–H groups in total. The Bertz CT molecular complexity index is 1020. The van der Waals surface area contributed by atoms with E-state index in [1.54, 1.807) is 48.5 Å². The van der Waals surface area contributed by atoms with Gasteiger partial charge < -0.3 is 35.7 Å². The van der Waals surface area contributed by atoms with Gasteiger partial charge in [0, 0.05) is 0 Å². The van der Waals surface area contributed by atoms with Crippen LogP contribution in [0.5, 0.6) is 23.5 Å². The van der Waals surface area contributed by atoms with E-state index < -0.39 is 5.09 Å². The predicted molar refractivity (Wildman–Crippen MR) is 158 cm³/mol. The number of aromatic nitrogens is 4. The van der Waals surface area contributed by atoms with E-state index in [9.17, 15) is 20.4 Å². The molecule has 0 amide bonds. The maximum atomic E-state index is 10.3. The van der Waals surface area contributed by atoms with Crippen molar-refractivity contribution in [2.24, 2.45) is 0 Å². The van der Waals surface area contributed by atoms with Gasteiger partial charge in [0.15, 0.2) is 0 Å². The first-order valence-electron chi connectivity index (χ1n) is 9.95. The number of alkyl halides is 4. The minimum atomic E-state index is -1.75. The van der Waals surface area contributed by atoms with Crippen molar-refractivity contribution in [1.29, 1.82) is 0 Å². The van der Waals surface area contributed by atoms with Crippen LogP contribution in [0.25, 0.3) is 0 Å². The second-order valence-electron chi connectivity index (χ2n) is 5.62. The van der Waals surface area contributed by atoms with Gasteiger partial charge in [-0.3, -0.25) is 19.9 Å². The van der Waals surface area contributed by atoms with E-state index in [4.69, 9.17) is 108 Å². The average molecular weight is 948 g/mol. The summed E-state index contributed by atoms with van der Waals surface area (Å²) < 4.78 is 0. The minimum Gasteiger partial charge on any atom is -0.859 e. The second-order valence-corrected chi connectivity index (χ2v) is 8.79. The monoisotopic (exact) mass is 946 g/mol. The summed E-state index contributed by atoms with van der Waals surface area (Å²) in [6.45, 7) is 0. The Kier molecular flexibility index (Phi) is 42.7. The van der Waals surface area contributed by atoms with Gasteiger partial charge in [-0.15, -0.1) is 46.4 Å². The number of nitrogens with zero attached hydrogens (tertiary/aromatic N) is 5. The third-order valence-electron chi connectivity index (χ3n) is 2.76. The summed E-state index contributed by atoms with van der Waals surface area (Å²) in [5.74, 6) is -1.18. The Morgan fingerprint density at radius 1 is 0.500 bits per heavy atom. The van der Waals surface area contributed by atoms with E-state index in [0.29, 0.717) is 0 Å². The quantitative estimate of drug-likeness (QED) is 0.0673. The van der Waals surface area contributed by atoms with E-state index in [2.05, 4.69) is 19.9 Å². The number of hydrogen-bond donors (Lipinski definition) is 0. The molecular formula is C22H16Cl8N5O7Ru2. The molecule has 0 atom stereocenters. The molecule has 4 aromatic rings. The van der Waals surface area contributed by atoms with Gasteiger partial charge >= 0.3 is 39.0 Å². The second kappa shape index (κ2) is 36.0. The molecule has 4 aromatic heterocycles. The third kappa shape index (κ3) is 42.7. The van der Waals surface area contributed by atoms with Crippen molar-refractivity contribution in [2.45, 2.75) is 0 Å². The first-order valence-corrected chi connectivity index (χ1v) is 13.6. The van der Waals surface area contributed by atoms with Crippen LogP contribution in [-0.2, 0) is 39.0 Å². The molecule has 0 saturated carbocycles. The van der Waals surface area contributed by atoms with Crippen LogP contribution in [0.1, 0.15) is 0 Å². The molecule has 0 aromatic carbocycles. The van der Waals surface area contributed by atoms with Gasteiger partial charge in [-0.2, -0.15) is 0 Å². The molecule has 0 aliphatic heterocycles. The molecular weight excluding hydrogens is 932 g/mol. The van der Waals surface area contributed by atoms with Crippen LogP contribution in [-0.4, -0.2) is 35.7 Å². The zero-order valence-corrected chi connectivity index (χ0v) is 30.7. The van der Waals surface area contributed by atoms with Gasteiger partial charge in [0.25, 0.3) is 0 Å². The maximum Gasteiger partial charge on any atom is 3.00 e. The fraction of sp³-hybridized carbons (Fsp3) is 0.0909. The van der Waals surface area contributed by atoms with Crippen molar-refractivity contribution in [3.05, 3.63) is 109 Å². The van der Waals surface area contributed by atoms with Gasteiger partial charge in [-0.1, -0.05) is 94.9 Å². The number of pyridine rings is 4. The standard InChI is InChI=1S/4C5H4ClNO.2CH2Cl2.NO3.2Ru/c4*6-4-2-1-3-5(8)7-4;2*2-1-3;2-1(3)4;;/h4*1-3H,(H,7,8);2*1H2;;;/q;;;;;;-1;+2;+3/p-4. The van der Waals surface area contributed by atoms with Gasteiger partial charge in [0.05, 0.1) is 15.8 Å². The van der Waals surface area contributed by atoms with Gasteiger partial charge in [0.1, 0.15) is 20.6 Å². The van der Waals surface area contributed by atoms with Crippen LogP contribution < -0.4 is 20.4 Å². The van der Waals surface area contributed by atoms with Crippen molar-refractivity contribution < 1.29 is 64.5 Å². The molecule has 12 nitrogen and oxygen atoms in total. The summed E-state index contributed by atoms with van der Waals surface area (Å²) in [7, 11) is 0. The molecule has 0 aliphatic rings. The van der Waals surface area contributed by atoms with Crippen LogP contribution in [0.4, 0.5) is 0 Å². The van der Waals surface area contributed by atoms with Crippen molar-refractivity contribution >= 4 is 92.8 Å². The fourth-order valence-electron chi connectivity index (χ4n) is 1.56. The zero-order chi connectivity index (χ0) is 32.9. The Labute approximate surface area is 317 Å². The van der Waals surface area contributed by atoms with E-state index >= 15 is 0 Å². The molecule has 4 heterocycles. The molecule has 0 aliphatic carbocycles. The molecule has 243 valence electrons. The Morgan fingerprint density at radius 3 is 0.705 bits per heavy atom. The summed E-state index contributed by atoms with van der Waals surface area (Å²) >= 11 is 40.4. The van der Waals surface area contributed by atoms with Crippen LogP contribution in [0.3, 0.4) is 0 Å². The van der Waals surface area contributed by atoms with Crippen molar-refractivity contribution in [3.8, 4) is 23.5 Å². The Morgan fingerprint density at radius 2 is 0.636 bits per heavy atom. The summed E-state index contributed by atoms with van der Waals surface area (Å²) in [5.41, 5.74) is 0. The molecule has 0 fully saturated rings. The maximum absolute atomic E-state index is 10.3. The Hall–Kier alpha value is -1.43. The fourth-order valence-corrected chi connectivity index (χ4v) is 2.18. The minimum absolute atomic E-state index is 0. The largest absolute Gasteiger partial charge is 3.00 e. The van der Waals surface area contributed by atoms with Crippen molar-refractivity contribution in [3.63, 3.8) is 0 Å². The topological polar surface area (TPSA) is 210 Å². The van der Waals surface area contributed by atoms with Crippen LogP contribution in [0, 0.1) is 15.3 Å². The van der Waals surface area contributed by atoms with Gasteiger partial charge in [-0.05, 0) is 47.8 Å². The van der Waals surface area contributed by atoms with Crippen LogP contribution in [0.15, 0.2) is 72.8 Å². The van der Waals surface area contributed by atoms with E-state index in [1.165, 1.54) is 24.3 Å². The van der Waals surface area contributed by atoms with Crippen molar-refractivity contribution in [1.82, 2.24) is 19.9 Å². The van der Waals surface area contributed by atoms with E-state index in [0.717, 1.165) is 0 Å². The molecule has 0 bridgehead atoms. The zero-order valence-electron chi connectivity index (χ0n) is 21.2. The third-order valence-corrected chi connectivity index (χ3v) is 3.60. The molecule has 22 heteroatoms. The van der Waals surface area contributed by atoms with Crippen molar-refractivity contribution in [2.75, 3.05) is 10.7 Å². The van der Waals surface area contributed by atoms with E-state index in [1.807, 2.05) is 0 Å². The molecule has 4 rings (SSSR count). The number of halogens is 8. The normalized spacial score (nSPS) is 8.00. The summed E-state index contributed by atoms with van der Waals surface area (Å²) in [6, 6.07) is 17.9. The molecule has 0 spiro atoms. The van der Waals surface area contributed by atoms with Gasteiger partial charge in [0.2, 0.25) is 0 Å². The first kappa shape index (κ1) is 52.1. The molecule has 0 saturated heterocycles. The molecule has 1 radical (unpaired) electrons.